The lowest BCUT2D eigenvalue weighted by molar-refractivity contribution is -0.135. The molecule has 0 bridgehead atoms. The van der Waals surface area contributed by atoms with Crippen molar-refractivity contribution in [3.05, 3.63) is 83.3 Å². The molecule has 1 atom stereocenters. The number of benzene rings is 2. The van der Waals surface area contributed by atoms with Crippen molar-refractivity contribution < 1.29 is 23.8 Å². The first kappa shape index (κ1) is 15.2. The summed E-state index contributed by atoms with van der Waals surface area (Å²) >= 11 is 0. The van der Waals surface area contributed by atoms with Gasteiger partial charge >= 0.3 is 5.97 Å². The van der Waals surface area contributed by atoms with Crippen molar-refractivity contribution in [2.45, 2.75) is 12.3 Å². The normalized spacial score (nSPS) is 16.2. The number of hydrogen-bond acceptors (Lipinski definition) is 5. The Bertz CT molecular complexity index is 942. The average molecular weight is 334 g/mol. The molecule has 2 aromatic carbocycles. The van der Waals surface area contributed by atoms with Crippen LogP contribution >= 0.6 is 0 Å². The monoisotopic (exact) mass is 334 g/mol. The standard InChI is InChI=1S/C20H14O5/c21-17-11-14(15-7-4-10-24-15)18-16(25-17)9-8-13(20(18)23)19(22)12-5-2-1-3-6-12/h1-10,14,23H,11H2. The third-order valence-corrected chi connectivity index (χ3v) is 4.29. The Hall–Kier alpha value is -3.34. The number of ether oxygens (including phenoxy) is 1. The Balaban J connectivity index is 1.85. The number of phenolic OH excluding ortho intramolecular Hbond substituents is 1. The van der Waals surface area contributed by atoms with Crippen molar-refractivity contribution in [3.8, 4) is 11.5 Å². The van der Waals surface area contributed by atoms with Crippen LogP contribution in [-0.4, -0.2) is 16.9 Å². The van der Waals surface area contributed by atoms with Gasteiger partial charge in [0.25, 0.3) is 0 Å². The van der Waals surface area contributed by atoms with Gasteiger partial charge in [-0.1, -0.05) is 30.3 Å². The zero-order valence-electron chi connectivity index (χ0n) is 13.1. The van der Waals surface area contributed by atoms with Crippen LogP contribution in [0.1, 0.15) is 39.6 Å². The molecule has 0 fully saturated rings. The maximum absolute atomic E-state index is 12.7. The SMILES string of the molecule is O=C1CC(c2ccco2)c2c(ccc(C(=O)c3ccccc3)c2O)O1. The summed E-state index contributed by atoms with van der Waals surface area (Å²) in [5, 5.41) is 10.8. The zero-order valence-corrected chi connectivity index (χ0v) is 13.1. The van der Waals surface area contributed by atoms with E-state index in [0.717, 1.165) is 0 Å². The van der Waals surface area contributed by atoms with Crippen LogP contribution in [0.2, 0.25) is 0 Å². The summed E-state index contributed by atoms with van der Waals surface area (Å²) in [6, 6.07) is 15.2. The molecule has 1 aromatic heterocycles. The molecule has 3 aromatic rings. The number of phenols is 1. The quantitative estimate of drug-likeness (QED) is 0.449. The molecule has 25 heavy (non-hydrogen) atoms. The summed E-state index contributed by atoms with van der Waals surface area (Å²) in [5.41, 5.74) is 1.04. The van der Waals surface area contributed by atoms with Gasteiger partial charge in [-0.2, -0.15) is 0 Å². The van der Waals surface area contributed by atoms with Gasteiger partial charge < -0.3 is 14.3 Å². The molecular formula is C20H14O5. The van der Waals surface area contributed by atoms with Gasteiger partial charge in [0, 0.05) is 11.1 Å². The molecule has 5 nitrogen and oxygen atoms in total. The number of fused-ring (bicyclic) bond motifs is 1. The highest BCUT2D eigenvalue weighted by Gasteiger charge is 2.34. The zero-order chi connectivity index (χ0) is 17.4. The Kier molecular flexibility index (Phi) is 3.61. The van der Waals surface area contributed by atoms with Gasteiger partial charge in [0.05, 0.1) is 24.2 Å². The van der Waals surface area contributed by atoms with Crippen LogP contribution in [0.15, 0.2) is 65.3 Å². The van der Waals surface area contributed by atoms with Crippen LogP contribution in [0.25, 0.3) is 0 Å². The molecule has 1 N–H and O–H groups in total. The lowest BCUT2D eigenvalue weighted by atomic mass is 9.87. The highest BCUT2D eigenvalue weighted by Crippen LogP contribution is 2.45. The van der Waals surface area contributed by atoms with Crippen molar-refractivity contribution in [2.75, 3.05) is 0 Å². The topological polar surface area (TPSA) is 76.7 Å². The Morgan fingerprint density at radius 1 is 1.04 bits per heavy atom. The van der Waals surface area contributed by atoms with E-state index in [4.69, 9.17) is 9.15 Å². The van der Waals surface area contributed by atoms with Crippen LogP contribution < -0.4 is 4.74 Å². The van der Waals surface area contributed by atoms with Gasteiger partial charge in [0.15, 0.2) is 5.78 Å². The first-order chi connectivity index (χ1) is 12.1. The Morgan fingerprint density at radius 2 is 1.84 bits per heavy atom. The summed E-state index contributed by atoms with van der Waals surface area (Å²) in [6.07, 6.45) is 1.54. The number of carbonyl (C=O) groups is 2. The molecule has 0 spiro atoms. The molecule has 1 aliphatic rings. The maximum Gasteiger partial charge on any atom is 0.312 e. The summed E-state index contributed by atoms with van der Waals surface area (Å²) < 4.78 is 10.6. The fourth-order valence-electron chi connectivity index (χ4n) is 3.11. The van der Waals surface area contributed by atoms with Crippen LogP contribution in [0.4, 0.5) is 0 Å². The fourth-order valence-corrected chi connectivity index (χ4v) is 3.11. The second kappa shape index (κ2) is 5.94. The number of hydrogen-bond donors (Lipinski definition) is 1. The Labute approximate surface area is 143 Å². The minimum atomic E-state index is -0.491. The highest BCUT2D eigenvalue weighted by atomic mass is 16.5. The maximum atomic E-state index is 12.7. The molecule has 5 heteroatoms. The van der Waals surface area contributed by atoms with Crippen LogP contribution in [-0.2, 0) is 4.79 Å². The smallest absolute Gasteiger partial charge is 0.312 e. The average Bonchev–Trinajstić information content (AvgIpc) is 3.16. The third kappa shape index (κ3) is 2.59. The second-order valence-corrected chi connectivity index (χ2v) is 5.81. The van der Waals surface area contributed by atoms with E-state index in [1.54, 1.807) is 36.4 Å². The minimum Gasteiger partial charge on any atom is -0.507 e. The number of aromatic hydroxyl groups is 1. The van der Waals surface area contributed by atoms with E-state index in [1.807, 2.05) is 6.07 Å². The second-order valence-electron chi connectivity index (χ2n) is 5.81. The molecule has 0 aliphatic carbocycles. The summed E-state index contributed by atoms with van der Waals surface area (Å²) in [6.45, 7) is 0. The fraction of sp³-hybridized carbons (Fsp3) is 0.100. The first-order valence-corrected chi connectivity index (χ1v) is 7.85. The minimum absolute atomic E-state index is 0.0387. The summed E-state index contributed by atoms with van der Waals surface area (Å²) in [5.74, 6) is -0.585. The number of ketones is 1. The molecular weight excluding hydrogens is 320 g/mol. The number of carbonyl (C=O) groups excluding carboxylic acids is 2. The van der Waals surface area contributed by atoms with Crippen molar-refractivity contribution in [2.24, 2.45) is 0 Å². The van der Waals surface area contributed by atoms with Gasteiger partial charge in [0.2, 0.25) is 0 Å². The highest BCUT2D eigenvalue weighted by molar-refractivity contribution is 6.11. The summed E-state index contributed by atoms with van der Waals surface area (Å²) in [7, 11) is 0. The van der Waals surface area contributed by atoms with E-state index >= 15 is 0 Å². The predicted molar refractivity (Wildman–Crippen MR) is 88.8 cm³/mol. The van der Waals surface area contributed by atoms with E-state index in [2.05, 4.69) is 0 Å². The van der Waals surface area contributed by atoms with Crippen molar-refractivity contribution >= 4 is 11.8 Å². The van der Waals surface area contributed by atoms with Crippen molar-refractivity contribution in [3.63, 3.8) is 0 Å². The molecule has 1 unspecified atom stereocenters. The predicted octanol–water partition coefficient (Wildman–Crippen LogP) is 3.66. The van der Waals surface area contributed by atoms with E-state index in [0.29, 0.717) is 16.9 Å². The molecule has 1 aliphatic heterocycles. The van der Waals surface area contributed by atoms with Gasteiger partial charge in [-0.05, 0) is 24.3 Å². The van der Waals surface area contributed by atoms with Crippen molar-refractivity contribution in [1.29, 1.82) is 0 Å². The van der Waals surface area contributed by atoms with E-state index in [1.165, 1.54) is 18.4 Å². The lowest BCUT2D eigenvalue weighted by Crippen LogP contribution is -2.21. The molecule has 124 valence electrons. The van der Waals surface area contributed by atoms with E-state index in [-0.39, 0.29) is 29.3 Å². The van der Waals surface area contributed by atoms with Gasteiger partial charge in [0.1, 0.15) is 17.3 Å². The van der Waals surface area contributed by atoms with Crippen LogP contribution in [0.5, 0.6) is 11.5 Å². The number of esters is 1. The third-order valence-electron chi connectivity index (χ3n) is 4.29. The molecule has 0 amide bonds. The lowest BCUT2D eigenvalue weighted by Gasteiger charge is -2.24. The van der Waals surface area contributed by atoms with Gasteiger partial charge in [-0.15, -0.1) is 0 Å². The van der Waals surface area contributed by atoms with Crippen LogP contribution in [0, 0.1) is 0 Å². The van der Waals surface area contributed by atoms with Gasteiger partial charge in [-0.25, -0.2) is 0 Å². The van der Waals surface area contributed by atoms with Gasteiger partial charge in [-0.3, -0.25) is 9.59 Å². The molecule has 0 radical (unpaired) electrons. The van der Waals surface area contributed by atoms with E-state index < -0.39 is 11.9 Å². The molecule has 0 saturated heterocycles. The largest absolute Gasteiger partial charge is 0.507 e. The molecule has 0 saturated carbocycles. The summed E-state index contributed by atoms with van der Waals surface area (Å²) in [4.78, 5) is 24.6. The Morgan fingerprint density at radius 3 is 2.56 bits per heavy atom. The van der Waals surface area contributed by atoms with E-state index in [9.17, 15) is 14.7 Å². The number of furan rings is 1. The first-order valence-electron chi connectivity index (χ1n) is 7.85. The van der Waals surface area contributed by atoms with Crippen LogP contribution in [0.3, 0.4) is 0 Å². The number of rotatable bonds is 3. The molecule has 4 rings (SSSR count). The molecule has 2 heterocycles. The van der Waals surface area contributed by atoms with Crippen molar-refractivity contribution in [1.82, 2.24) is 0 Å².